The molecule has 2 aliphatic rings. The molecule has 2 aliphatic heterocycles. The van der Waals surface area contributed by atoms with Crippen LogP contribution in [-0.2, 0) is 10.2 Å². The quantitative estimate of drug-likeness (QED) is 0.866. The van der Waals surface area contributed by atoms with Crippen LogP contribution >= 0.6 is 0 Å². The van der Waals surface area contributed by atoms with Gasteiger partial charge in [-0.05, 0) is 31.7 Å². The minimum Gasteiger partial charge on any atom is -0.331 e. The topological polar surface area (TPSA) is 73.0 Å². The summed E-state index contributed by atoms with van der Waals surface area (Å²) < 4.78 is 28.5. The number of carbonyl (C=O) groups excluding carboxylic acids is 1. The summed E-state index contributed by atoms with van der Waals surface area (Å²) >= 11 is 0. The molecule has 7 nitrogen and oxygen atoms in total. The number of hydrogen-bond acceptors (Lipinski definition) is 3. The molecule has 2 fully saturated rings. The average molecular weight is 381 g/mol. The molecule has 26 heavy (non-hydrogen) atoms. The van der Waals surface area contributed by atoms with Gasteiger partial charge in [0, 0.05) is 39.3 Å². The molecule has 0 spiro atoms. The Hall–Kier alpha value is -1.64. The summed E-state index contributed by atoms with van der Waals surface area (Å²) in [5.41, 5.74) is 1.05. The van der Waals surface area contributed by atoms with Crippen molar-refractivity contribution in [3.8, 4) is 0 Å². The zero-order chi connectivity index (χ0) is 18.6. The maximum absolute atomic E-state index is 12.7. The third kappa shape index (κ3) is 4.36. The summed E-state index contributed by atoms with van der Waals surface area (Å²) in [6.07, 6.45) is 2.51. The first kappa shape index (κ1) is 19.1. The van der Waals surface area contributed by atoms with Crippen LogP contribution in [0.2, 0.25) is 0 Å². The molecular formula is C18H28N4O3S. The van der Waals surface area contributed by atoms with E-state index in [-0.39, 0.29) is 12.1 Å². The first-order valence-electron chi connectivity index (χ1n) is 9.34. The molecule has 0 bridgehead atoms. The third-order valence-electron chi connectivity index (χ3n) is 5.10. The molecule has 2 heterocycles. The Morgan fingerprint density at radius 2 is 1.54 bits per heavy atom. The summed E-state index contributed by atoms with van der Waals surface area (Å²) in [7, 11) is -3.39. The van der Waals surface area contributed by atoms with Crippen molar-refractivity contribution in [3.05, 3.63) is 35.9 Å². The van der Waals surface area contributed by atoms with Crippen LogP contribution in [0.1, 0.15) is 37.8 Å². The van der Waals surface area contributed by atoms with Gasteiger partial charge in [-0.15, -0.1) is 0 Å². The van der Waals surface area contributed by atoms with Crippen molar-refractivity contribution in [2.24, 2.45) is 0 Å². The minimum atomic E-state index is -3.39. The molecule has 2 amide bonds. The van der Waals surface area contributed by atoms with Crippen LogP contribution in [0, 0.1) is 0 Å². The second kappa shape index (κ2) is 8.37. The van der Waals surface area contributed by atoms with Crippen molar-refractivity contribution in [1.29, 1.82) is 0 Å². The maximum Gasteiger partial charge on any atom is 0.317 e. The van der Waals surface area contributed by atoms with Gasteiger partial charge in [-0.25, -0.2) is 4.79 Å². The maximum atomic E-state index is 12.7. The van der Waals surface area contributed by atoms with Crippen LogP contribution in [0.4, 0.5) is 4.79 Å². The highest BCUT2D eigenvalue weighted by molar-refractivity contribution is 7.86. The van der Waals surface area contributed by atoms with Crippen LogP contribution in [0.3, 0.4) is 0 Å². The van der Waals surface area contributed by atoms with Crippen molar-refractivity contribution in [2.75, 3.05) is 39.3 Å². The fourth-order valence-electron chi connectivity index (χ4n) is 3.51. The Labute approximate surface area is 156 Å². The van der Waals surface area contributed by atoms with Crippen molar-refractivity contribution in [1.82, 2.24) is 18.8 Å². The van der Waals surface area contributed by atoms with Gasteiger partial charge in [-0.1, -0.05) is 30.3 Å². The first-order chi connectivity index (χ1) is 12.5. The summed E-state index contributed by atoms with van der Waals surface area (Å²) in [5, 5.41) is 3.01. The summed E-state index contributed by atoms with van der Waals surface area (Å²) in [4.78, 5) is 14.3. The number of carbonyl (C=O) groups is 1. The fraction of sp³-hybridized carbons (Fsp3) is 0.611. The highest BCUT2D eigenvalue weighted by atomic mass is 32.2. The van der Waals surface area contributed by atoms with Crippen molar-refractivity contribution >= 4 is 16.2 Å². The molecule has 1 aromatic carbocycles. The van der Waals surface area contributed by atoms with Crippen LogP contribution in [-0.4, -0.2) is 67.2 Å². The van der Waals surface area contributed by atoms with Crippen LogP contribution < -0.4 is 5.32 Å². The SMILES string of the molecule is CC(NC(=O)N1CCCN(S(=O)(=O)N2CCCC2)CC1)c1ccccc1. The van der Waals surface area contributed by atoms with Crippen LogP contribution in [0.15, 0.2) is 30.3 Å². The molecule has 8 heteroatoms. The van der Waals surface area contributed by atoms with E-state index in [9.17, 15) is 13.2 Å². The van der Waals surface area contributed by atoms with Gasteiger partial charge in [0.05, 0.1) is 6.04 Å². The van der Waals surface area contributed by atoms with E-state index in [0.717, 1.165) is 18.4 Å². The molecule has 3 rings (SSSR count). The monoisotopic (exact) mass is 380 g/mol. The van der Waals surface area contributed by atoms with Crippen molar-refractivity contribution in [3.63, 3.8) is 0 Å². The first-order valence-corrected chi connectivity index (χ1v) is 10.7. The molecule has 0 radical (unpaired) electrons. The predicted molar refractivity (Wildman–Crippen MR) is 101 cm³/mol. The van der Waals surface area contributed by atoms with E-state index >= 15 is 0 Å². The van der Waals surface area contributed by atoms with Crippen molar-refractivity contribution < 1.29 is 13.2 Å². The molecular weight excluding hydrogens is 352 g/mol. The van der Waals surface area contributed by atoms with E-state index in [2.05, 4.69) is 5.32 Å². The molecule has 1 aromatic rings. The molecule has 0 aliphatic carbocycles. The molecule has 2 saturated heterocycles. The number of nitrogens with one attached hydrogen (secondary N) is 1. The highest BCUT2D eigenvalue weighted by Gasteiger charge is 2.33. The van der Waals surface area contributed by atoms with Crippen LogP contribution in [0.5, 0.6) is 0 Å². The number of hydrogen-bond donors (Lipinski definition) is 1. The van der Waals surface area contributed by atoms with Crippen LogP contribution in [0.25, 0.3) is 0 Å². The lowest BCUT2D eigenvalue weighted by Crippen LogP contribution is -2.46. The van der Waals surface area contributed by atoms with E-state index in [1.165, 1.54) is 4.31 Å². The number of amides is 2. The lowest BCUT2D eigenvalue weighted by molar-refractivity contribution is 0.197. The van der Waals surface area contributed by atoms with Gasteiger partial charge in [-0.2, -0.15) is 17.0 Å². The Morgan fingerprint density at radius 1 is 0.923 bits per heavy atom. The third-order valence-corrected chi connectivity index (χ3v) is 7.13. The van der Waals surface area contributed by atoms with E-state index in [4.69, 9.17) is 0 Å². The van der Waals surface area contributed by atoms with E-state index in [0.29, 0.717) is 45.7 Å². The average Bonchev–Trinajstić information content (AvgIpc) is 3.07. The van der Waals surface area contributed by atoms with E-state index in [1.54, 1.807) is 9.21 Å². The number of benzene rings is 1. The van der Waals surface area contributed by atoms with Gasteiger partial charge >= 0.3 is 6.03 Å². The normalized spacial score (nSPS) is 21.3. The lowest BCUT2D eigenvalue weighted by atomic mass is 10.1. The standard InChI is InChI=1S/C18H28N4O3S/c1-16(17-8-3-2-4-9-17)19-18(23)20-10-7-13-22(15-14-20)26(24,25)21-11-5-6-12-21/h2-4,8-9,16H,5-7,10-15H2,1H3,(H,19,23). The highest BCUT2D eigenvalue weighted by Crippen LogP contribution is 2.18. The second-order valence-electron chi connectivity index (χ2n) is 6.94. The summed E-state index contributed by atoms with van der Waals surface area (Å²) in [6, 6.07) is 9.59. The summed E-state index contributed by atoms with van der Waals surface area (Å²) in [5.74, 6) is 0. The van der Waals surface area contributed by atoms with Gasteiger partial charge in [0.25, 0.3) is 10.2 Å². The van der Waals surface area contributed by atoms with Crippen molar-refractivity contribution in [2.45, 2.75) is 32.2 Å². The Morgan fingerprint density at radius 3 is 2.23 bits per heavy atom. The molecule has 1 atom stereocenters. The zero-order valence-corrected chi connectivity index (χ0v) is 16.1. The Balaban J connectivity index is 1.57. The molecule has 0 aromatic heterocycles. The second-order valence-corrected chi connectivity index (χ2v) is 8.86. The lowest BCUT2D eigenvalue weighted by Gasteiger charge is -2.26. The fourth-order valence-corrected chi connectivity index (χ4v) is 5.23. The molecule has 144 valence electrons. The van der Waals surface area contributed by atoms with Gasteiger partial charge in [-0.3, -0.25) is 0 Å². The van der Waals surface area contributed by atoms with Gasteiger partial charge in [0.2, 0.25) is 0 Å². The molecule has 1 N–H and O–H groups in total. The Bertz CT molecular complexity index is 704. The smallest absolute Gasteiger partial charge is 0.317 e. The van der Waals surface area contributed by atoms with Gasteiger partial charge in [0.15, 0.2) is 0 Å². The molecule has 1 unspecified atom stereocenters. The van der Waals surface area contributed by atoms with E-state index in [1.807, 2.05) is 37.3 Å². The number of urea groups is 1. The van der Waals surface area contributed by atoms with Gasteiger partial charge in [0.1, 0.15) is 0 Å². The van der Waals surface area contributed by atoms with Gasteiger partial charge < -0.3 is 10.2 Å². The predicted octanol–water partition coefficient (Wildman–Crippen LogP) is 1.81. The number of nitrogens with zero attached hydrogens (tertiary/aromatic N) is 3. The minimum absolute atomic E-state index is 0.0867. The molecule has 0 saturated carbocycles. The number of rotatable bonds is 4. The largest absolute Gasteiger partial charge is 0.331 e. The Kier molecular flexibility index (Phi) is 6.16. The summed E-state index contributed by atoms with van der Waals surface area (Å²) in [6.45, 7) is 4.98. The zero-order valence-electron chi connectivity index (χ0n) is 15.3. The van der Waals surface area contributed by atoms with E-state index < -0.39 is 10.2 Å².